The summed E-state index contributed by atoms with van der Waals surface area (Å²) >= 11 is 0. The number of hydrogen-bond donors (Lipinski definition) is 2. The number of aryl methyl sites for hydroxylation is 1. The van der Waals surface area contributed by atoms with E-state index in [0.29, 0.717) is 0 Å². The number of carbonyl (C=O) groups is 2. The average Bonchev–Trinajstić information content (AvgIpc) is 2.07. The smallest absolute Gasteiger partial charge is 1.00 e. The van der Waals surface area contributed by atoms with Crippen LogP contribution in [-0.4, -0.2) is 22.2 Å². The van der Waals surface area contributed by atoms with Gasteiger partial charge in [0, 0.05) is 0 Å². The number of carboxylic acid groups (broad SMARTS) is 2. The third-order valence-electron chi connectivity index (χ3n) is 1.90. The molecular formula is C10H11KO4. The number of hydrogen-bond acceptors (Lipinski definition) is 2. The van der Waals surface area contributed by atoms with E-state index >= 15 is 0 Å². The Labute approximate surface area is 131 Å². The molecule has 0 aromatic heterocycles. The summed E-state index contributed by atoms with van der Waals surface area (Å²) in [7, 11) is 0. The van der Waals surface area contributed by atoms with Crippen molar-refractivity contribution in [2.45, 2.75) is 12.8 Å². The van der Waals surface area contributed by atoms with Crippen molar-refractivity contribution in [2.24, 2.45) is 0 Å². The second-order valence-corrected chi connectivity index (χ2v) is 3.02. The van der Waals surface area contributed by atoms with Gasteiger partial charge in [-0.15, -0.1) is 0 Å². The van der Waals surface area contributed by atoms with E-state index in [2.05, 4.69) is 0 Å². The Morgan fingerprint density at radius 3 is 1.87 bits per heavy atom. The Bertz CT molecular complexity index is 350. The molecule has 0 bridgehead atoms. The molecule has 0 amide bonds. The summed E-state index contributed by atoms with van der Waals surface area (Å²) in [6, 6.07) is 6.41. The minimum absolute atomic E-state index is 0. The molecule has 0 aliphatic heterocycles. The number of rotatable bonds is 3. The van der Waals surface area contributed by atoms with Crippen molar-refractivity contribution in [3.05, 3.63) is 35.4 Å². The van der Waals surface area contributed by atoms with Crippen molar-refractivity contribution >= 4 is 11.9 Å². The quantitative estimate of drug-likeness (QED) is 0.486. The molecule has 0 spiro atoms. The van der Waals surface area contributed by atoms with E-state index in [-0.39, 0.29) is 58.4 Å². The van der Waals surface area contributed by atoms with Crippen LogP contribution in [0.4, 0.5) is 0 Å². The van der Waals surface area contributed by atoms with Gasteiger partial charge >= 0.3 is 63.3 Å². The van der Waals surface area contributed by atoms with Gasteiger partial charge in [-0.05, 0) is 12.5 Å². The van der Waals surface area contributed by atoms with Crippen molar-refractivity contribution in [1.29, 1.82) is 0 Å². The fourth-order valence-electron chi connectivity index (χ4n) is 1.15. The summed E-state index contributed by atoms with van der Waals surface area (Å²) in [5.41, 5.74) is 1.25. The minimum atomic E-state index is -1.48. The van der Waals surface area contributed by atoms with Gasteiger partial charge in [0.2, 0.25) is 0 Å². The molecule has 0 unspecified atom stereocenters. The van der Waals surface area contributed by atoms with E-state index in [1.165, 1.54) is 12.1 Å². The standard InChI is InChI=1S/C10H10O4.K.H/c1-6-2-4-7(5-3-6)8(9(11)12)10(13)14;;/h2-5,8H,1H3,(H,11,12)(H,13,14);;/q;+1;-1. The van der Waals surface area contributed by atoms with E-state index in [1.807, 2.05) is 6.92 Å². The summed E-state index contributed by atoms with van der Waals surface area (Å²) in [6.45, 7) is 1.85. The second kappa shape index (κ2) is 6.39. The zero-order valence-electron chi connectivity index (χ0n) is 9.60. The number of benzene rings is 1. The number of carboxylic acids is 2. The molecule has 0 fully saturated rings. The fraction of sp³-hybridized carbons (Fsp3) is 0.200. The van der Waals surface area contributed by atoms with Gasteiger partial charge in [-0.3, -0.25) is 9.59 Å². The van der Waals surface area contributed by atoms with Crippen molar-refractivity contribution in [3.8, 4) is 0 Å². The van der Waals surface area contributed by atoms with Crippen molar-refractivity contribution in [1.82, 2.24) is 0 Å². The molecule has 1 rings (SSSR count). The van der Waals surface area contributed by atoms with Gasteiger partial charge in [0.1, 0.15) is 0 Å². The van der Waals surface area contributed by atoms with Crippen LogP contribution in [0.15, 0.2) is 24.3 Å². The maximum absolute atomic E-state index is 10.6. The Kier molecular flexibility index (Phi) is 6.31. The maximum atomic E-state index is 10.6. The van der Waals surface area contributed by atoms with Crippen LogP contribution >= 0.6 is 0 Å². The van der Waals surface area contributed by atoms with E-state index in [1.54, 1.807) is 12.1 Å². The first-order valence-electron chi connectivity index (χ1n) is 4.04. The molecule has 5 heteroatoms. The van der Waals surface area contributed by atoms with Crippen LogP contribution in [0.25, 0.3) is 0 Å². The molecule has 4 nitrogen and oxygen atoms in total. The molecule has 0 saturated carbocycles. The molecule has 0 atom stereocenters. The van der Waals surface area contributed by atoms with Crippen molar-refractivity contribution < 1.29 is 72.6 Å². The predicted molar refractivity (Wildman–Crippen MR) is 50.3 cm³/mol. The third kappa shape index (κ3) is 4.04. The van der Waals surface area contributed by atoms with Crippen molar-refractivity contribution in [3.63, 3.8) is 0 Å². The van der Waals surface area contributed by atoms with Gasteiger partial charge in [0.05, 0.1) is 0 Å². The van der Waals surface area contributed by atoms with Crippen LogP contribution < -0.4 is 51.4 Å². The van der Waals surface area contributed by atoms with E-state index in [9.17, 15) is 9.59 Å². The fourth-order valence-corrected chi connectivity index (χ4v) is 1.15. The van der Waals surface area contributed by atoms with E-state index < -0.39 is 17.9 Å². The van der Waals surface area contributed by atoms with Crippen LogP contribution in [0.5, 0.6) is 0 Å². The molecule has 1 aromatic carbocycles. The molecular weight excluding hydrogens is 223 g/mol. The molecule has 1 aromatic rings. The predicted octanol–water partition coefficient (Wildman–Crippen LogP) is -1.64. The van der Waals surface area contributed by atoms with Crippen LogP contribution in [0.1, 0.15) is 18.5 Å². The topological polar surface area (TPSA) is 74.6 Å². The molecule has 2 N–H and O–H groups in total. The van der Waals surface area contributed by atoms with Gasteiger partial charge in [0.15, 0.2) is 5.92 Å². The summed E-state index contributed by atoms with van der Waals surface area (Å²) in [5.74, 6) is -4.17. The van der Waals surface area contributed by atoms with Crippen molar-refractivity contribution in [2.75, 3.05) is 0 Å². The molecule has 15 heavy (non-hydrogen) atoms. The van der Waals surface area contributed by atoms with Crippen LogP contribution in [0, 0.1) is 6.92 Å². The largest absolute Gasteiger partial charge is 1.00 e. The van der Waals surface area contributed by atoms with Crippen LogP contribution in [0.3, 0.4) is 0 Å². The van der Waals surface area contributed by atoms with Gasteiger partial charge in [-0.2, -0.15) is 0 Å². The first-order chi connectivity index (χ1) is 6.52. The minimum Gasteiger partial charge on any atom is -1.00 e. The summed E-state index contributed by atoms with van der Waals surface area (Å²) < 4.78 is 0. The second-order valence-electron chi connectivity index (χ2n) is 3.02. The van der Waals surface area contributed by atoms with E-state index in [0.717, 1.165) is 5.56 Å². The van der Waals surface area contributed by atoms with Gasteiger partial charge in [0.25, 0.3) is 0 Å². The zero-order valence-corrected chi connectivity index (χ0v) is 11.7. The average molecular weight is 234 g/mol. The molecule has 76 valence electrons. The SMILES string of the molecule is Cc1ccc(C(C(=O)O)C(=O)O)cc1.[H-].[K+]. The molecule has 0 radical (unpaired) electrons. The first kappa shape index (κ1) is 14.8. The van der Waals surface area contributed by atoms with Crippen LogP contribution in [0.2, 0.25) is 0 Å². The Morgan fingerprint density at radius 1 is 1.13 bits per heavy atom. The van der Waals surface area contributed by atoms with Crippen LogP contribution in [-0.2, 0) is 9.59 Å². The maximum Gasteiger partial charge on any atom is 1.00 e. The summed E-state index contributed by atoms with van der Waals surface area (Å²) in [6.07, 6.45) is 0. The van der Waals surface area contributed by atoms with Gasteiger partial charge in [-0.25, -0.2) is 0 Å². The number of aliphatic carboxylic acids is 2. The monoisotopic (exact) mass is 234 g/mol. The molecule has 0 saturated heterocycles. The Hall–Kier alpha value is -0.204. The normalized spacial score (nSPS) is 9.47. The van der Waals surface area contributed by atoms with Gasteiger partial charge in [-0.1, -0.05) is 29.8 Å². The first-order valence-corrected chi connectivity index (χ1v) is 4.04. The van der Waals surface area contributed by atoms with Gasteiger partial charge < -0.3 is 11.6 Å². The Morgan fingerprint density at radius 2 is 1.53 bits per heavy atom. The third-order valence-corrected chi connectivity index (χ3v) is 1.90. The van der Waals surface area contributed by atoms with E-state index in [4.69, 9.17) is 10.2 Å². The Balaban J connectivity index is 0. The molecule has 0 aliphatic rings. The molecule has 0 aliphatic carbocycles. The molecule has 0 heterocycles. The summed E-state index contributed by atoms with van der Waals surface area (Å²) in [4.78, 5) is 21.3. The zero-order chi connectivity index (χ0) is 10.7. The summed E-state index contributed by atoms with van der Waals surface area (Å²) in [5, 5.41) is 17.4.